The Hall–Kier alpha value is -2.28. The van der Waals surface area contributed by atoms with Gasteiger partial charge in [0.05, 0.1) is 27.2 Å². The lowest BCUT2D eigenvalue weighted by molar-refractivity contribution is -0.148. The van der Waals surface area contributed by atoms with E-state index >= 15 is 0 Å². The number of nitrogens with zero attached hydrogens (tertiary/aromatic N) is 1. The Morgan fingerprint density at radius 2 is 2.12 bits per heavy atom. The van der Waals surface area contributed by atoms with Gasteiger partial charge in [-0.25, -0.2) is 0 Å². The van der Waals surface area contributed by atoms with E-state index in [2.05, 4.69) is 5.32 Å². The number of hydrogen-bond acceptors (Lipinski definition) is 6. The smallest absolute Gasteiger partial charge is 0.307 e. The third-order valence-electron chi connectivity index (χ3n) is 4.13. The molecule has 1 fully saturated rings. The largest absolute Gasteiger partial charge is 0.493 e. The molecule has 1 aromatic carbocycles. The Morgan fingerprint density at radius 1 is 1.32 bits per heavy atom. The van der Waals surface area contributed by atoms with Gasteiger partial charge in [0.2, 0.25) is 5.91 Å². The molecule has 1 amide bonds. The molecular weight excluding hydrogens is 324 g/mol. The number of piperazine rings is 1. The summed E-state index contributed by atoms with van der Waals surface area (Å²) in [7, 11) is 3.17. The minimum atomic E-state index is -0.547. The summed E-state index contributed by atoms with van der Waals surface area (Å²) < 4.78 is 15.9. The zero-order chi connectivity index (χ0) is 18.2. The number of hydrogen-bond donors (Lipinski definition) is 1. The third-order valence-corrected chi connectivity index (χ3v) is 4.13. The van der Waals surface area contributed by atoms with Crippen LogP contribution >= 0.6 is 0 Å². The number of methoxy groups -OCH3 is 2. The standard InChI is InChI=1S/C18H26N2O5/c1-4-10-25-16(21)11-14-18(22)19-8-9-20(14)12-13-6-5-7-15(23-2)17(13)24-3/h5-7,14H,4,8-12H2,1-3H3,(H,19,22). The quantitative estimate of drug-likeness (QED) is 0.713. The van der Waals surface area contributed by atoms with Crippen molar-refractivity contribution in [2.75, 3.05) is 33.9 Å². The molecule has 1 aliphatic heterocycles. The summed E-state index contributed by atoms with van der Waals surface area (Å²) in [6.45, 7) is 3.99. The van der Waals surface area contributed by atoms with Crippen LogP contribution in [0.1, 0.15) is 25.3 Å². The van der Waals surface area contributed by atoms with E-state index in [0.717, 1.165) is 12.0 Å². The average Bonchev–Trinajstić information content (AvgIpc) is 2.62. The first-order chi connectivity index (χ1) is 12.1. The van der Waals surface area contributed by atoms with E-state index in [4.69, 9.17) is 14.2 Å². The molecule has 138 valence electrons. The molecular formula is C18H26N2O5. The minimum Gasteiger partial charge on any atom is -0.493 e. The van der Waals surface area contributed by atoms with Crippen LogP contribution in [0, 0.1) is 0 Å². The van der Waals surface area contributed by atoms with Crippen molar-refractivity contribution in [3.63, 3.8) is 0 Å². The second kappa shape index (κ2) is 9.27. The molecule has 7 heteroatoms. The summed E-state index contributed by atoms with van der Waals surface area (Å²) in [6.07, 6.45) is 0.797. The number of rotatable bonds is 8. The number of para-hydroxylation sites is 1. The number of amides is 1. The highest BCUT2D eigenvalue weighted by molar-refractivity contribution is 5.87. The van der Waals surface area contributed by atoms with Crippen molar-refractivity contribution in [3.8, 4) is 11.5 Å². The number of carbonyl (C=O) groups excluding carboxylic acids is 2. The van der Waals surface area contributed by atoms with Gasteiger partial charge in [0.15, 0.2) is 11.5 Å². The fraction of sp³-hybridized carbons (Fsp3) is 0.556. The van der Waals surface area contributed by atoms with Crippen LogP contribution in [0.3, 0.4) is 0 Å². The van der Waals surface area contributed by atoms with Gasteiger partial charge in [-0.2, -0.15) is 0 Å². The first-order valence-corrected chi connectivity index (χ1v) is 8.48. The molecule has 0 radical (unpaired) electrons. The topological polar surface area (TPSA) is 77.1 Å². The fourth-order valence-corrected chi connectivity index (χ4v) is 2.90. The van der Waals surface area contributed by atoms with Crippen molar-refractivity contribution in [1.29, 1.82) is 0 Å². The number of benzene rings is 1. The number of esters is 1. The summed E-state index contributed by atoms with van der Waals surface area (Å²) in [5, 5.41) is 2.82. The van der Waals surface area contributed by atoms with Crippen LogP contribution in [0.15, 0.2) is 18.2 Å². The molecule has 1 unspecified atom stereocenters. The van der Waals surface area contributed by atoms with E-state index in [1.165, 1.54) is 0 Å². The second-order valence-electron chi connectivity index (χ2n) is 5.85. The number of ether oxygens (including phenoxy) is 3. The van der Waals surface area contributed by atoms with Gasteiger partial charge in [0, 0.05) is 25.2 Å². The Bertz CT molecular complexity index is 605. The highest BCUT2D eigenvalue weighted by Crippen LogP contribution is 2.32. The van der Waals surface area contributed by atoms with E-state index in [0.29, 0.717) is 37.7 Å². The molecule has 1 N–H and O–H groups in total. The highest BCUT2D eigenvalue weighted by atomic mass is 16.5. The van der Waals surface area contributed by atoms with Crippen molar-refractivity contribution >= 4 is 11.9 Å². The molecule has 2 rings (SSSR count). The monoisotopic (exact) mass is 350 g/mol. The van der Waals surface area contributed by atoms with E-state index in [-0.39, 0.29) is 18.3 Å². The van der Waals surface area contributed by atoms with Gasteiger partial charge in [0.1, 0.15) is 6.04 Å². The highest BCUT2D eigenvalue weighted by Gasteiger charge is 2.32. The first kappa shape index (κ1) is 19.1. The zero-order valence-electron chi connectivity index (χ0n) is 15.0. The maximum absolute atomic E-state index is 12.3. The van der Waals surface area contributed by atoms with Crippen LogP contribution in [0.4, 0.5) is 0 Å². The molecule has 1 aliphatic rings. The molecule has 1 aromatic rings. The number of carbonyl (C=O) groups is 2. The average molecular weight is 350 g/mol. The van der Waals surface area contributed by atoms with Crippen LogP contribution < -0.4 is 14.8 Å². The van der Waals surface area contributed by atoms with Crippen molar-refractivity contribution in [3.05, 3.63) is 23.8 Å². The van der Waals surface area contributed by atoms with Gasteiger partial charge >= 0.3 is 5.97 Å². The third kappa shape index (κ3) is 4.85. The van der Waals surface area contributed by atoms with Gasteiger partial charge in [-0.3, -0.25) is 14.5 Å². The summed E-state index contributed by atoms with van der Waals surface area (Å²) in [4.78, 5) is 26.2. The molecule has 1 atom stereocenters. The molecule has 0 aliphatic carbocycles. The van der Waals surface area contributed by atoms with Crippen LogP contribution in [-0.4, -0.2) is 56.7 Å². The van der Waals surface area contributed by atoms with Crippen molar-refractivity contribution in [2.45, 2.75) is 32.4 Å². The van der Waals surface area contributed by atoms with Crippen LogP contribution in [0.25, 0.3) is 0 Å². The lowest BCUT2D eigenvalue weighted by Gasteiger charge is -2.34. The molecule has 0 aromatic heterocycles. The molecule has 0 saturated carbocycles. The van der Waals surface area contributed by atoms with Crippen molar-refractivity contribution in [2.24, 2.45) is 0 Å². The summed E-state index contributed by atoms with van der Waals surface area (Å²) in [6, 6.07) is 5.09. The predicted molar refractivity (Wildman–Crippen MR) is 92.6 cm³/mol. The SMILES string of the molecule is CCCOC(=O)CC1C(=O)NCCN1Cc1cccc(OC)c1OC. The molecule has 1 heterocycles. The molecule has 25 heavy (non-hydrogen) atoms. The molecule has 0 bridgehead atoms. The Kier molecular flexibility index (Phi) is 7.06. The minimum absolute atomic E-state index is 0.0398. The van der Waals surface area contributed by atoms with E-state index in [9.17, 15) is 9.59 Å². The second-order valence-corrected chi connectivity index (χ2v) is 5.85. The number of nitrogens with one attached hydrogen (secondary N) is 1. The normalized spacial score (nSPS) is 17.7. The van der Waals surface area contributed by atoms with Crippen molar-refractivity contribution < 1.29 is 23.8 Å². The van der Waals surface area contributed by atoms with Crippen LogP contribution in [0.5, 0.6) is 11.5 Å². The van der Waals surface area contributed by atoms with E-state index in [1.807, 2.05) is 30.0 Å². The summed E-state index contributed by atoms with van der Waals surface area (Å²) in [5.74, 6) is 0.775. The Balaban J connectivity index is 2.15. The molecule has 0 spiro atoms. The van der Waals surface area contributed by atoms with Gasteiger partial charge in [-0.05, 0) is 12.5 Å². The van der Waals surface area contributed by atoms with Gasteiger partial charge < -0.3 is 19.5 Å². The zero-order valence-corrected chi connectivity index (χ0v) is 15.0. The Morgan fingerprint density at radius 3 is 2.80 bits per heavy atom. The Labute approximate surface area is 148 Å². The predicted octanol–water partition coefficient (Wildman–Crippen LogP) is 1.35. The lowest BCUT2D eigenvalue weighted by atomic mass is 10.1. The molecule has 1 saturated heterocycles. The van der Waals surface area contributed by atoms with Crippen molar-refractivity contribution in [1.82, 2.24) is 10.2 Å². The van der Waals surface area contributed by atoms with E-state index in [1.54, 1.807) is 14.2 Å². The maximum atomic E-state index is 12.3. The molecule has 7 nitrogen and oxygen atoms in total. The maximum Gasteiger partial charge on any atom is 0.307 e. The van der Waals surface area contributed by atoms with Gasteiger partial charge in [0.25, 0.3) is 0 Å². The van der Waals surface area contributed by atoms with Gasteiger partial charge in [-0.1, -0.05) is 19.1 Å². The van der Waals surface area contributed by atoms with Gasteiger partial charge in [-0.15, -0.1) is 0 Å². The summed E-state index contributed by atoms with van der Waals surface area (Å²) in [5.41, 5.74) is 0.906. The lowest BCUT2D eigenvalue weighted by Crippen LogP contribution is -2.55. The first-order valence-electron chi connectivity index (χ1n) is 8.48. The van der Waals surface area contributed by atoms with Crippen LogP contribution in [0.2, 0.25) is 0 Å². The summed E-state index contributed by atoms with van der Waals surface area (Å²) >= 11 is 0. The van der Waals surface area contributed by atoms with Crippen LogP contribution in [-0.2, 0) is 20.9 Å². The fourth-order valence-electron chi connectivity index (χ4n) is 2.90. The van der Waals surface area contributed by atoms with E-state index < -0.39 is 6.04 Å².